The van der Waals surface area contributed by atoms with Crippen molar-refractivity contribution >= 4 is 27.5 Å². The molecular formula is C17H26BrClO. The molecule has 0 aromatic heterocycles. The van der Waals surface area contributed by atoms with Gasteiger partial charge in [-0.15, -0.1) is 0 Å². The lowest BCUT2D eigenvalue weighted by molar-refractivity contribution is 0.304. The highest BCUT2D eigenvalue weighted by molar-refractivity contribution is 9.08. The molecule has 1 rings (SSSR count). The second-order valence-electron chi connectivity index (χ2n) is 5.22. The van der Waals surface area contributed by atoms with Crippen molar-refractivity contribution in [3.63, 3.8) is 0 Å². The molecule has 0 saturated carbocycles. The van der Waals surface area contributed by atoms with E-state index in [-0.39, 0.29) is 0 Å². The van der Waals surface area contributed by atoms with E-state index in [9.17, 15) is 0 Å². The maximum absolute atomic E-state index is 6.17. The summed E-state index contributed by atoms with van der Waals surface area (Å²) in [4.78, 5) is 0. The lowest BCUT2D eigenvalue weighted by Crippen LogP contribution is -1.98. The molecule has 1 aromatic carbocycles. The average molecular weight is 362 g/mol. The fourth-order valence-electron chi connectivity index (χ4n) is 2.16. The minimum Gasteiger partial charge on any atom is -0.492 e. The van der Waals surface area contributed by atoms with Gasteiger partial charge in [-0.1, -0.05) is 85.5 Å². The Hall–Kier alpha value is -0.210. The van der Waals surface area contributed by atoms with E-state index < -0.39 is 0 Å². The van der Waals surface area contributed by atoms with E-state index in [1.54, 1.807) is 0 Å². The van der Waals surface area contributed by atoms with E-state index in [2.05, 4.69) is 22.9 Å². The van der Waals surface area contributed by atoms with Crippen molar-refractivity contribution in [3.05, 3.63) is 28.8 Å². The number of rotatable bonds is 11. The molecule has 0 atom stereocenters. The number of hydrogen-bond donors (Lipinski definition) is 0. The molecule has 0 N–H and O–H groups in total. The highest BCUT2D eigenvalue weighted by Gasteiger charge is 2.02. The molecule has 0 saturated heterocycles. The molecule has 0 aliphatic heterocycles. The van der Waals surface area contributed by atoms with Gasteiger partial charge >= 0.3 is 0 Å². The lowest BCUT2D eigenvalue weighted by atomic mass is 10.1. The summed E-state index contributed by atoms with van der Waals surface area (Å²) in [6, 6.07) is 5.97. The molecule has 0 heterocycles. The topological polar surface area (TPSA) is 9.23 Å². The van der Waals surface area contributed by atoms with Crippen LogP contribution in [0, 0.1) is 0 Å². The van der Waals surface area contributed by atoms with Gasteiger partial charge in [-0.25, -0.2) is 0 Å². The average Bonchev–Trinajstić information content (AvgIpc) is 2.47. The third kappa shape index (κ3) is 7.54. The van der Waals surface area contributed by atoms with Gasteiger partial charge in [0.25, 0.3) is 0 Å². The second kappa shape index (κ2) is 11.4. The van der Waals surface area contributed by atoms with Crippen LogP contribution in [0.4, 0.5) is 0 Å². The number of alkyl halides is 1. The van der Waals surface area contributed by atoms with Crippen molar-refractivity contribution in [1.29, 1.82) is 0 Å². The fourth-order valence-corrected chi connectivity index (χ4v) is 2.77. The van der Waals surface area contributed by atoms with Gasteiger partial charge in [0.2, 0.25) is 0 Å². The molecule has 0 unspecified atom stereocenters. The van der Waals surface area contributed by atoms with Crippen molar-refractivity contribution < 1.29 is 4.74 Å². The van der Waals surface area contributed by atoms with E-state index in [0.29, 0.717) is 5.02 Å². The minimum atomic E-state index is 0.710. The quantitative estimate of drug-likeness (QED) is 0.313. The van der Waals surface area contributed by atoms with Gasteiger partial charge in [0.1, 0.15) is 5.75 Å². The van der Waals surface area contributed by atoms with Gasteiger partial charge < -0.3 is 4.74 Å². The second-order valence-corrected chi connectivity index (χ2v) is 6.19. The number of unbranched alkanes of at least 4 members (excludes halogenated alkanes) is 7. The van der Waals surface area contributed by atoms with Crippen molar-refractivity contribution in [2.24, 2.45) is 0 Å². The Bertz CT molecular complexity index is 368. The normalized spacial score (nSPS) is 10.8. The highest BCUT2D eigenvalue weighted by Crippen LogP contribution is 2.26. The van der Waals surface area contributed by atoms with Gasteiger partial charge in [0.05, 0.1) is 11.6 Å². The van der Waals surface area contributed by atoms with Crippen LogP contribution in [0.2, 0.25) is 5.02 Å². The summed E-state index contributed by atoms with van der Waals surface area (Å²) in [5, 5.41) is 1.53. The lowest BCUT2D eigenvalue weighted by Gasteiger charge is -2.09. The summed E-state index contributed by atoms with van der Waals surface area (Å²) in [5.74, 6) is 0.805. The third-order valence-electron chi connectivity index (χ3n) is 3.41. The van der Waals surface area contributed by atoms with Gasteiger partial charge in [-0.2, -0.15) is 0 Å². The number of hydrogen-bond acceptors (Lipinski definition) is 1. The Balaban J connectivity index is 2.06. The van der Waals surface area contributed by atoms with Crippen molar-refractivity contribution in [1.82, 2.24) is 0 Å². The first-order valence-corrected chi connectivity index (χ1v) is 9.25. The van der Waals surface area contributed by atoms with E-state index in [4.69, 9.17) is 16.3 Å². The third-order valence-corrected chi connectivity index (χ3v) is 4.35. The summed E-state index contributed by atoms with van der Waals surface area (Å²) in [7, 11) is 0. The SMILES string of the molecule is CCCCCCCCCCOc1ccc(CBr)cc1Cl. The molecule has 20 heavy (non-hydrogen) atoms. The Morgan fingerprint density at radius 2 is 1.65 bits per heavy atom. The van der Waals surface area contributed by atoms with Crippen LogP contribution in [-0.2, 0) is 5.33 Å². The Morgan fingerprint density at radius 3 is 2.25 bits per heavy atom. The maximum Gasteiger partial charge on any atom is 0.137 e. The number of benzene rings is 1. The predicted molar refractivity (Wildman–Crippen MR) is 92.2 cm³/mol. The standard InChI is InChI=1S/C17H26BrClO/c1-2-3-4-5-6-7-8-9-12-20-17-11-10-15(14-18)13-16(17)19/h10-11,13H,2-9,12,14H2,1H3. The van der Waals surface area contributed by atoms with E-state index in [1.165, 1.54) is 50.5 Å². The molecule has 0 radical (unpaired) electrons. The predicted octanol–water partition coefficient (Wildman–Crippen LogP) is 6.75. The van der Waals surface area contributed by atoms with Crippen molar-refractivity contribution in [2.75, 3.05) is 6.61 Å². The van der Waals surface area contributed by atoms with Crippen LogP contribution >= 0.6 is 27.5 Å². The molecule has 3 heteroatoms. The Labute approximate surface area is 137 Å². The van der Waals surface area contributed by atoms with Crippen LogP contribution < -0.4 is 4.74 Å². The largest absolute Gasteiger partial charge is 0.492 e. The maximum atomic E-state index is 6.17. The van der Waals surface area contributed by atoms with Crippen LogP contribution in [0.3, 0.4) is 0 Å². The van der Waals surface area contributed by atoms with E-state index in [1.807, 2.05) is 18.2 Å². The first-order valence-electron chi connectivity index (χ1n) is 7.75. The zero-order chi connectivity index (χ0) is 14.6. The van der Waals surface area contributed by atoms with Gasteiger partial charge in [0, 0.05) is 5.33 Å². The summed E-state index contributed by atoms with van der Waals surface area (Å²) < 4.78 is 5.73. The van der Waals surface area contributed by atoms with Crippen LogP contribution in [0.25, 0.3) is 0 Å². The van der Waals surface area contributed by atoms with Gasteiger partial charge in [-0.05, 0) is 24.1 Å². The fraction of sp³-hybridized carbons (Fsp3) is 0.647. The molecule has 0 amide bonds. The molecular weight excluding hydrogens is 336 g/mol. The van der Waals surface area contributed by atoms with Crippen molar-refractivity contribution in [3.8, 4) is 5.75 Å². The zero-order valence-electron chi connectivity index (χ0n) is 12.5. The van der Waals surface area contributed by atoms with Gasteiger partial charge in [-0.3, -0.25) is 0 Å². The van der Waals surface area contributed by atoms with Gasteiger partial charge in [0.15, 0.2) is 0 Å². The molecule has 0 bridgehead atoms. The van der Waals surface area contributed by atoms with Crippen LogP contribution in [0.5, 0.6) is 5.75 Å². The molecule has 1 aromatic rings. The smallest absolute Gasteiger partial charge is 0.137 e. The molecule has 0 aliphatic rings. The van der Waals surface area contributed by atoms with Crippen LogP contribution in [0.1, 0.15) is 63.9 Å². The number of halogens is 2. The van der Waals surface area contributed by atoms with Crippen molar-refractivity contribution in [2.45, 2.75) is 63.6 Å². The number of ether oxygens (including phenoxy) is 1. The summed E-state index contributed by atoms with van der Waals surface area (Å²) >= 11 is 9.59. The molecule has 114 valence electrons. The van der Waals surface area contributed by atoms with E-state index >= 15 is 0 Å². The zero-order valence-corrected chi connectivity index (χ0v) is 14.8. The molecule has 0 spiro atoms. The monoisotopic (exact) mass is 360 g/mol. The van der Waals surface area contributed by atoms with Crippen LogP contribution in [-0.4, -0.2) is 6.61 Å². The Kier molecular flexibility index (Phi) is 10.2. The van der Waals surface area contributed by atoms with E-state index in [0.717, 1.165) is 24.1 Å². The summed E-state index contributed by atoms with van der Waals surface area (Å²) in [6.45, 7) is 3.02. The summed E-state index contributed by atoms with van der Waals surface area (Å²) in [5.41, 5.74) is 1.18. The first kappa shape index (κ1) is 17.8. The summed E-state index contributed by atoms with van der Waals surface area (Å²) in [6.07, 6.45) is 10.5. The Morgan fingerprint density at radius 1 is 1.00 bits per heavy atom. The van der Waals surface area contributed by atoms with Crippen LogP contribution in [0.15, 0.2) is 18.2 Å². The molecule has 0 aliphatic carbocycles. The highest BCUT2D eigenvalue weighted by atomic mass is 79.9. The minimum absolute atomic E-state index is 0.710. The first-order chi connectivity index (χ1) is 9.77. The molecule has 0 fully saturated rings. The molecule has 1 nitrogen and oxygen atoms in total.